The van der Waals surface area contributed by atoms with E-state index >= 15 is 0 Å². The molecule has 5 nitrogen and oxygen atoms in total. The smallest absolute Gasteiger partial charge is 0.258 e. The van der Waals surface area contributed by atoms with E-state index in [1.807, 2.05) is 6.07 Å². The Morgan fingerprint density at radius 2 is 2.00 bits per heavy atom. The maximum atomic E-state index is 12.1. The second-order valence-electron chi connectivity index (χ2n) is 5.61. The molecule has 0 bridgehead atoms. The highest BCUT2D eigenvalue weighted by Crippen LogP contribution is 2.17. The first kappa shape index (κ1) is 13.8. The molecular weight excluding hydrogens is 266 g/mol. The summed E-state index contributed by atoms with van der Waals surface area (Å²) in [5.74, 6) is 0.354. The number of hydrogen-bond acceptors (Lipinski definition) is 3. The highest BCUT2D eigenvalue weighted by molar-refractivity contribution is 5.80. The lowest BCUT2D eigenvalue weighted by atomic mass is 9.95. The summed E-state index contributed by atoms with van der Waals surface area (Å²) in [5.41, 5.74) is 0.433. The summed E-state index contributed by atoms with van der Waals surface area (Å²) in [6, 6.07) is 7.42. The van der Waals surface area contributed by atoms with Gasteiger partial charge in [-0.25, -0.2) is 4.98 Å². The molecule has 1 saturated carbocycles. The van der Waals surface area contributed by atoms with Crippen molar-refractivity contribution in [3.63, 3.8) is 0 Å². The maximum absolute atomic E-state index is 12.1. The van der Waals surface area contributed by atoms with E-state index in [9.17, 15) is 9.59 Å². The first-order chi connectivity index (χ1) is 10.2. The number of carbonyl (C=O) groups excluding carboxylic acids is 1. The second-order valence-corrected chi connectivity index (χ2v) is 5.61. The Morgan fingerprint density at radius 3 is 2.81 bits per heavy atom. The molecular formula is C16H19N3O2. The van der Waals surface area contributed by atoms with Gasteiger partial charge in [-0.05, 0) is 25.0 Å². The van der Waals surface area contributed by atoms with Gasteiger partial charge in [0.1, 0.15) is 5.82 Å². The molecule has 2 aromatic rings. The lowest BCUT2D eigenvalue weighted by Gasteiger charge is -2.22. The van der Waals surface area contributed by atoms with Gasteiger partial charge in [0.05, 0.1) is 17.3 Å². The summed E-state index contributed by atoms with van der Waals surface area (Å²) in [4.78, 5) is 31.0. The molecule has 0 saturated heterocycles. The summed E-state index contributed by atoms with van der Waals surface area (Å²) < 4.78 is 0. The summed E-state index contributed by atoms with van der Waals surface area (Å²) >= 11 is 0. The van der Waals surface area contributed by atoms with Crippen LogP contribution in [0.3, 0.4) is 0 Å². The van der Waals surface area contributed by atoms with Crippen molar-refractivity contribution in [2.45, 2.75) is 44.6 Å². The van der Waals surface area contributed by atoms with E-state index in [4.69, 9.17) is 0 Å². The number of hydrogen-bond donors (Lipinski definition) is 2. The van der Waals surface area contributed by atoms with Crippen LogP contribution in [-0.4, -0.2) is 21.9 Å². The summed E-state index contributed by atoms with van der Waals surface area (Å²) in [6.45, 7) is 0. The third-order valence-electron chi connectivity index (χ3n) is 3.96. The van der Waals surface area contributed by atoms with E-state index in [1.165, 1.54) is 19.3 Å². The topological polar surface area (TPSA) is 74.8 Å². The molecule has 0 spiro atoms. The number of H-pyrrole nitrogens is 1. The molecule has 0 aliphatic heterocycles. The van der Waals surface area contributed by atoms with Crippen LogP contribution in [0.4, 0.5) is 0 Å². The number of aromatic amines is 1. The normalized spacial score (nSPS) is 16.0. The molecule has 21 heavy (non-hydrogen) atoms. The number of fused-ring (bicyclic) bond motifs is 1. The van der Waals surface area contributed by atoms with Gasteiger partial charge in [0, 0.05) is 6.04 Å². The fourth-order valence-electron chi connectivity index (χ4n) is 2.90. The third kappa shape index (κ3) is 3.29. The fourth-order valence-corrected chi connectivity index (χ4v) is 2.90. The molecule has 110 valence electrons. The Kier molecular flexibility index (Phi) is 3.99. The number of rotatable bonds is 3. The van der Waals surface area contributed by atoms with E-state index in [0.717, 1.165) is 12.8 Å². The highest BCUT2D eigenvalue weighted by Gasteiger charge is 2.16. The number of benzene rings is 1. The average molecular weight is 285 g/mol. The largest absolute Gasteiger partial charge is 0.353 e. The zero-order valence-electron chi connectivity index (χ0n) is 11.9. The number of carbonyl (C=O) groups is 1. The highest BCUT2D eigenvalue weighted by atomic mass is 16.1. The van der Waals surface area contributed by atoms with E-state index in [-0.39, 0.29) is 23.9 Å². The molecule has 1 fully saturated rings. The SMILES string of the molecule is O=C(Cc1nc2ccccc2c(=O)[nH]1)NC1CCCCC1. The minimum Gasteiger partial charge on any atom is -0.353 e. The van der Waals surface area contributed by atoms with Crippen molar-refractivity contribution in [1.29, 1.82) is 0 Å². The molecule has 2 N–H and O–H groups in total. The molecule has 1 heterocycles. The second kappa shape index (κ2) is 6.08. The monoisotopic (exact) mass is 285 g/mol. The molecule has 1 aliphatic carbocycles. The average Bonchev–Trinajstić information content (AvgIpc) is 2.48. The molecule has 1 amide bonds. The predicted molar refractivity (Wildman–Crippen MR) is 81.1 cm³/mol. The van der Waals surface area contributed by atoms with E-state index < -0.39 is 0 Å². The van der Waals surface area contributed by atoms with Gasteiger partial charge < -0.3 is 10.3 Å². The van der Waals surface area contributed by atoms with Crippen LogP contribution in [0.25, 0.3) is 10.9 Å². The molecule has 1 aromatic carbocycles. The first-order valence-electron chi connectivity index (χ1n) is 7.50. The Hall–Kier alpha value is -2.17. The van der Waals surface area contributed by atoms with Crippen LogP contribution in [0.5, 0.6) is 0 Å². The zero-order valence-corrected chi connectivity index (χ0v) is 11.9. The van der Waals surface area contributed by atoms with Gasteiger partial charge in [-0.2, -0.15) is 0 Å². The summed E-state index contributed by atoms with van der Waals surface area (Å²) in [7, 11) is 0. The number of nitrogens with zero attached hydrogens (tertiary/aromatic N) is 1. The van der Waals surface area contributed by atoms with Gasteiger partial charge in [-0.3, -0.25) is 9.59 Å². The van der Waals surface area contributed by atoms with Crippen molar-refractivity contribution in [3.05, 3.63) is 40.4 Å². The van der Waals surface area contributed by atoms with Crippen LogP contribution in [0.2, 0.25) is 0 Å². The molecule has 0 radical (unpaired) electrons. The zero-order chi connectivity index (χ0) is 14.7. The molecule has 1 aliphatic rings. The van der Waals surface area contributed by atoms with Crippen LogP contribution < -0.4 is 10.9 Å². The van der Waals surface area contributed by atoms with Crippen molar-refractivity contribution in [3.8, 4) is 0 Å². The quantitative estimate of drug-likeness (QED) is 0.904. The fraction of sp³-hybridized carbons (Fsp3) is 0.438. The molecule has 5 heteroatoms. The van der Waals surface area contributed by atoms with Gasteiger partial charge in [0.15, 0.2) is 0 Å². The maximum Gasteiger partial charge on any atom is 0.258 e. The Bertz CT molecular complexity index is 702. The van der Waals surface area contributed by atoms with Gasteiger partial charge in [0.2, 0.25) is 5.91 Å². The standard InChI is InChI=1S/C16H19N3O2/c20-15(17-11-6-2-1-3-7-11)10-14-18-13-9-5-4-8-12(13)16(21)19-14/h4-5,8-9,11H,1-3,6-7,10H2,(H,17,20)(H,18,19,21). The molecule has 0 atom stereocenters. The van der Waals surface area contributed by atoms with Gasteiger partial charge >= 0.3 is 0 Å². The van der Waals surface area contributed by atoms with E-state index in [0.29, 0.717) is 16.7 Å². The van der Waals surface area contributed by atoms with Gasteiger partial charge in [0.25, 0.3) is 5.56 Å². The van der Waals surface area contributed by atoms with E-state index in [2.05, 4.69) is 15.3 Å². The number of amides is 1. The van der Waals surface area contributed by atoms with Crippen LogP contribution in [0.15, 0.2) is 29.1 Å². The lowest BCUT2D eigenvalue weighted by molar-refractivity contribution is -0.121. The van der Waals surface area contributed by atoms with Crippen molar-refractivity contribution >= 4 is 16.8 Å². The molecule has 1 aromatic heterocycles. The lowest BCUT2D eigenvalue weighted by Crippen LogP contribution is -2.37. The number of para-hydroxylation sites is 1. The van der Waals surface area contributed by atoms with Crippen LogP contribution >= 0.6 is 0 Å². The van der Waals surface area contributed by atoms with Gasteiger partial charge in [-0.15, -0.1) is 0 Å². The molecule has 3 rings (SSSR count). The predicted octanol–water partition coefficient (Wildman–Crippen LogP) is 1.91. The number of aromatic nitrogens is 2. The van der Waals surface area contributed by atoms with Crippen molar-refractivity contribution in [2.75, 3.05) is 0 Å². The van der Waals surface area contributed by atoms with E-state index in [1.54, 1.807) is 18.2 Å². The first-order valence-corrected chi connectivity index (χ1v) is 7.50. The summed E-state index contributed by atoms with van der Waals surface area (Å²) in [5, 5.41) is 3.58. The Balaban J connectivity index is 1.72. The minimum atomic E-state index is -0.193. The van der Waals surface area contributed by atoms with Crippen LogP contribution in [0.1, 0.15) is 37.9 Å². The van der Waals surface area contributed by atoms with Crippen molar-refractivity contribution in [2.24, 2.45) is 0 Å². The number of nitrogens with one attached hydrogen (secondary N) is 2. The summed E-state index contributed by atoms with van der Waals surface area (Å²) in [6.07, 6.45) is 5.83. The van der Waals surface area contributed by atoms with Gasteiger partial charge in [-0.1, -0.05) is 31.4 Å². The Morgan fingerprint density at radius 1 is 1.24 bits per heavy atom. The Labute approximate surface area is 122 Å². The van der Waals surface area contributed by atoms with Crippen molar-refractivity contribution < 1.29 is 4.79 Å². The van der Waals surface area contributed by atoms with Crippen LogP contribution in [-0.2, 0) is 11.2 Å². The minimum absolute atomic E-state index is 0.0691. The molecule has 0 unspecified atom stereocenters. The van der Waals surface area contributed by atoms with Crippen molar-refractivity contribution in [1.82, 2.24) is 15.3 Å². The third-order valence-corrected chi connectivity index (χ3v) is 3.96. The van der Waals surface area contributed by atoms with Crippen LogP contribution in [0, 0.1) is 0 Å².